The zero-order chi connectivity index (χ0) is 15.0. The highest BCUT2D eigenvalue weighted by atomic mass is 16.5. The average Bonchev–Trinajstić information content (AvgIpc) is 2.39. The third-order valence-corrected chi connectivity index (χ3v) is 2.59. The van der Waals surface area contributed by atoms with Gasteiger partial charge in [-0.3, -0.25) is 0 Å². The monoisotopic (exact) mass is 283 g/mol. The van der Waals surface area contributed by atoms with Crippen LogP contribution in [0.3, 0.4) is 0 Å². The Hall–Kier alpha value is -1.73. The number of methoxy groups -OCH3 is 1. The molecule has 0 aliphatic heterocycles. The number of carbonyl (C=O) groups is 1. The molecule has 0 aliphatic carbocycles. The lowest BCUT2D eigenvalue weighted by Gasteiger charge is -2.11. The Bertz CT molecular complexity index is 440. The van der Waals surface area contributed by atoms with Gasteiger partial charge in [0, 0.05) is 19.9 Å². The van der Waals surface area contributed by atoms with Crippen LogP contribution in [0.25, 0.3) is 0 Å². The number of aryl methyl sites for hydroxylation is 1. The predicted octanol–water partition coefficient (Wildman–Crippen LogP) is 0.771. The van der Waals surface area contributed by atoms with Crippen LogP contribution in [-0.4, -0.2) is 54.0 Å². The van der Waals surface area contributed by atoms with Gasteiger partial charge >= 0.3 is 5.97 Å². The molecular formula is C13H21N3O4. The minimum atomic E-state index is -0.521. The van der Waals surface area contributed by atoms with E-state index < -0.39 is 12.1 Å². The molecule has 7 nitrogen and oxygen atoms in total. The number of ether oxygens (including phenoxy) is 2. The second-order valence-corrected chi connectivity index (χ2v) is 4.24. The molecule has 0 amide bonds. The van der Waals surface area contributed by atoms with Gasteiger partial charge in [-0.15, -0.1) is 0 Å². The van der Waals surface area contributed by atoms with Gasteiger partial charge in [-0.05, 0) is 20.3 Å². The van der Waals surface area contributed by atoms with Gasteiger partial charge < -0.3 is 19.9 Å². The molecule has 20 heavy (non-hydrogen) atoms. The van der Waals surface area contributed by atoms with Gasteiger partial charge in [0.05, 0.1) is 30.6 Å². The Morgan fingerprint density at radius 1 is 1.55 bits per heavy atom. The van der Waals surface area contributed by atoms with Crippen molar-refractivity contribution in [3.8, 4) is 0 Å². The van der Waals surface area contributed by atoms with E-state index in [1.165, 1.54) is 13.3 Å². The van der Waals surface area contributed by atoms with Crippen LogP contribution < -0.4 is 5.32 Å². The number of aliphatic hydroxyl groups excluding tert-OH is 1. The highest BCUT2D eigenvalue weighted by Gasteiger charge is 2.12. The zero-order valence-corrected chi connectivity index (χ0v) is 12.0. The van der Waals surface area contributed by atoms with Gasteiger partial charge in [-0.2, -0.15) is 0 Å². The summed E-state index contributed by atoms with van der Waals surface area (Å²) in [5, 5.41) is 12.5. The van der Waals surface area contributed by atoms with E-state index in [0.717, 1.165) is 0 Å². The molecule has 1 unspecified atom stereocenters. The van der Waals surface area contributed by atoms with Crippen LogP contribution in [0, 0.1) is 6.92 Å². The number of aromatic nitrogens is 2. The van der Waals surface area contributed by atoms with Gasteiger partial charge in [0.15, 0.2) is 0 Å². The molecule has 1 aromatic heterocycles. The molecule has 1 heterocycles. The van der Waals surface area contributed by atoms with Crippen molar-refractivity contribution in [1.82, 2.24) is 9.97 Å². The van der Waals surface area contributed by atoms with Crippen molar-refractivity contribution in [2.45, 2.75) is 26.4 Å². The maximum absolute atomic E-state index is 11.6. The van der Waals surface area contributed by atoms with Crippen LogP contribution in [-0.2, 0) is 9.47 Å². The molecule has 0 aromatic carbocycles. The molecular weight excluding hydrogens is 262 g/mol. The first kappa shape index (κ1) is 16.3. The van der Waals surface area contributed by atoms with Crippen molar-refractivity contribution in [2.24, 2.45) is 0 Å². The molecule has 0 fully saturated rings. The SMILES string of the molecule is CCOC(=O)c1cnc(NCCC(O)COC)nc1C. The predicted molar refractivity (Wildman–Crippen MR) is 73.7 cm³/mol. The summed E-state index contributed by atoms with van der Waals surface area (Å²) < 4.78 is 9.73. The van der Waals surface area contributed by atoms with Gasteiger partial charge in [-0.25, -0.2) is 14.8 Å². The number of hydrogen-bond acceptors (Lipinski definition) is 7. The van der Waals surface area contributed by atoms with Crippen LogP contribution in [0.5, 0.6) is 0 Å². The number of esters is 1. The van der Waals surface area contributed by atoms with Crippen molar-refractivity contribution >= 4 is 11.9 Å². The second-order valence-electron chi connectivity index (χ2n) is 4.24. The molecule has 7 heteroatoms. The lowest BCUT2D eigenvalue weighted by molar-refractivity contribution is 0.0524. The Morgan fingerprint density at radius 3 is 2.90 bits per heavy atom. The van der Waals surface area contributed by atoms with Crippen LogP contribution in [0.15, 0.2) is 6.20 Å². The Balaban J connectivity index is 2.53. The van der Waals surface area contributed by atoms with Crippen LogP contribution in [0.1, 0.15) is 29.4 Å². The van der Waals surface area contributed by atoms with E-state index in [9.17, 15) is 9.90 Å². The largest absolute Gasteiger partial charge is 0.462 e. The minimum Gasteiger partial charge on any atom is -0.462 e. The summed E-state index contributed by atoms with van der Waals surface area (Å²) in [7, 11) is 1.54. The fourth-order valence-corrected chi connectivity index (χ4v) is 1.59. The van der Waals surface area contributed by atoms with Crippen molar-refractivity contribution in [1.29, 1.82) is 0 Å². The summed E-state index contributed by atoms with van der Waals surface area (Å²) in [5.41, 5.74) is 0.912. The Morgan fingerprint density at radius 2 is 2.30 bits per heavy atom. The Labute approximate surface area is 118 Å². The summed E-state index contributed by atoms with van der Waals surface area (Å²) in [6, 6.07) is 0. The lowest BCUT2D eigenvalue weighted by Crippen LogP contribution is -2.19. The topological polar surface area (TPSA) is 93.6 Å². The van der Waals surface area contributed by atoms with E-state index in [-0.39, 0.29) is 0 Å². The zero-order valence-electron chi connectivity index (χ0n) is 12.0. The summed E-state index contributed by atoms with van der Waals surface area (Å²) in [6.45, 7) is 4.59. The number of nitrogens with one attached hydrogen (secondary N) is 1. The van der Waals surface area contributed by atoms with Crippen molar-refractivity contribution in [3.05, 3.63) is 17.5 Å². The number of rotatable bonds is 8. The van der Waals surface area contributed by atoms with Crippen molar-refractivity contribution < 1.29 is 19.4 Å². The fraction of sp³-hybridized carbons (Fsp3) is 0.615. The molecule has 0 aliphatic rings. The third kappa shape index (κ3) is 5.10. The molecule has 1 atom stereocenters. The molecule has 1 aromatic rings. The summed E-state index contributed by atoms with van der Waals surface area (Å²) >= 11 is 0. The van der Waals surface area contributed by atoms with Crippen molar-refractivity contribution in [2.75, 3.05) is 32.2 Å². The summed E-state index contributed by atoms with van der Waals surface area (Å²) in [4.78, 5) is 19.8. The number of hydrogen-bond donors (Lipinski definition) is 2. The number of aliphatic hydroxyl groups is 1. The van der Waals surface area contributed by atoms with E-state index >= 15 is 0 Å². The first-order chi connectivity index (χ1) is 9.58. The van der Waals surface area contributed by atoms with Crippen LogP contribution in [0.2, 0.25) is 0 Å². The summed E-state index contributed by atoms with van der Waals surface area (Å²) in [6.07, 6.45) is 1.44. The molecule has 1 rings (SSSR count). The maximum atomic E-state index is 11.6. The van der Waals surface area contributed by atoms with E-state index in [2.05, 4.69) is 15.3 Å². The Kier molecular flexibility index (Phi) is 6.89. The van der Waals surface area contributed by atoms with E-state index in [4.69, 9.17) is 9.47 Å². The molecule has 0 bridgehead atoms. The van der Waals surface area contributed by atoms with Gasteiger partial charge in [-0.1, -0.05) is 0 Å². The molecule has 0 radical (unpaired) electrons. The normalized spacial score (nSPS) is 12.0. The lowest BCUT2D eigenvalue weighted by atomic mass is 10.2. The number of anilines is 1. The van der Waals surface area contributed by atoms with Crippen molar-refractivity contribution in [3.63, 3.8) is 0 Å². The molecule has 0 spiro atoms. The van der Waals surface area contributed by atoms with Gasteiger partial charge in [0.25, 0.3) is 0 Å². The molecule has 2 N–H and O–H groups in total. The average molecular weight is 283 g/mol. The fourth-order valence-electron chi connectivity index (χ4n) is 1.59. The van der Waals surface area contributed by atoms with E-state index in [1.807, 2.05) is 0 Å². The third-order valence-electron chi connectivity index (χ3n) is 2.59. The minimum absolute atomic E-state index is 0.295. The van der Waals surface area contributed by atoms with Crippen LogP contribution >= 0.6 is 0 Å². The second kappa shape index (κ2) is 8.44. The highest BCUT2D eigenvalue weighted by molar-refractivity contribution is 5.90. The van der Waals surface area contributed by atoms with E-state index in [1.54, 1.807) is 13.8 Å². The number of nitrogens with zero attached hydrogens (tertiary/aromatic N) is 2. The number of carbonyl (C=O) groups excluding carboxylic acids is 1. The van der Waals surface area contributed by atoms with E-state index in [0.29, 0.717) is 43.4 Å². The molecule has 112 valence electrons. The smallest absolute Gasteiger partial charge is 0.341 e. The first-order valence-electron chi connectivity index (χ1n) is 6.50. The van der Waals surface area contributed by atoms with Crippen LogP contribution in [0.4, 0.5) is 5.95 Å². The van der Waals surface area contributed by atoms with Gasteiger partial charge in [0.2, 0.25) is 5.95 Å². The molecule has 0 saturated heterocycles. The molecule has 0 saturated carbocycles. The maximum Gasteiger partial charge on any atom is 0.341 e. The summed E-state index contributed by atoms with van der Waals surface area (Å²) in [5.74, 6) is -0.00719. The standard InChI is InChI=1S/C13H21N3O4/c1-4-20-12(18)11-7-15-13(16-9(11)2)14-6-5-10(17)8-19-3/h7,10,17H,4-6,8H2,1-3H3,(H,14,15,16). The first-order valence-corrected chi connectivity index (χ1v) is 6.50. The quantitative estimate of drug-likeness (QED) is 0.680. The highest BCUT2D eigenvalue weighted by Crippen LogP contribution is 2.09. The van der Waals surface area contributed by atoms with Gasteiger partial charge in [0.1, 0.15) is 0 Å².